The maximum absolute atomic E-state index is 8.84. The topological polar surface area (TPSA) is 52.5 Å². The van der Waals surface area contributed by atoms with Gasteiger partial charge in [0, 0.05) is 11.1 Å². The number of halogens is 1. The van der Waals surface area contributed by atoms with E-state index in [9.17, 15) is 0 Å². The maximum atomic E-state index is 8.84. The van der Waals surface area contributed by atoms with Crippen LogP contribution in [0, 0.1) is 16.0 Å². The van der Waals surface area contributed by atoms with Crippen LogP contribution < -0.4 is 0 Å². The molecule has 16 heavy (non-hydrogen) atoms. The second kappa shape index (κ2) is 4.26. The Bertz CT molecular complexity index is 687. The van der Waals surface area contributed by atoms with Gasteiger partial charge >= 0.3 is 0 Å². The number of nitrogens with one attached hydrogen (secondary N) is 1. The third-order valence-electron chi connectivity index (χ3n) is 2.04. The summed E-state index contributed by atoms with van der Waals surface area (Å²) in [5, 5.41) is 9.71. The lowest BCUT2D eigenvalue weighted by molar-refractivity contribution is 1.14. The molecule has 0 bridgehead atoms. The molecule has 2 aromatic heterocycles. The van der Waals surface area contributed by atoms with Crippen molar-refractivity contribution in [3.63, 3.8) is 0 Å². The Labute approximate surface area is 112 Å². The lowest BCUT2D eigenvalue weighted by Crippen LogP contribution is -1.92. The van der Waals surface area contributed by atoms with Gasteiger partial charge in [-0.15, -0.1) is 25.3 Å². The molecule has 7 heteroatoms. The van der Waals surface area contributed by atoms with Crippen LogP contribution in [0.3, 0.4) is 0 Å². The fraction of sp³-hybridized carbons (Fsp3) is 0. The number of nitrogens with zero attached hydrogens (tertiary/aromatic N) is 2. The third kappa shape index (κ3) is 1.70. The molecule has 0 unspecified atom stereocenters. The van der Waals surface area contributed by atoms with Gasteiger partial charge in [-0.05, 0) is 0 Å². The molecule has 0 amide bonds. The first kappa shape index (κ1) is 11.7. The fourth-order valence-electron chi connectivity index (χ4n) is 1.27. The van der Waals surface area contributed by atoms with Crippen molar-refractivity contribution in [2.24, 2.45) is 0 Å². The third-order valence-corrected chi connectivity index (χ3v) is 3.96. The summed E-state index contributed by atoms with van der Waals surface area (Å²) in [6, 6.07) is 1.96. The normalized spacial score (nSPS) is 10.4. The summed E-state index contributed by atoms with van der Waals surface area (Å²) in [6.45, 7) is 0. The smallest absolute Gasteiger partial charge is 0.141 e. The summed E-state index contributed by atoms with van der Waals surface area (Å²) in [5.41, 5.74) is 0.791. The van der Waals surface area contributed by atoms with Crippen molar-refractivity contribution in [2.45, 2.75) is 9.79 Å². The van der Waals surface area contributed by atoms with Crippen molar-refractivity contribution < 1.29 is 0 Å². The molecule has 3 nitrogen and oxygen atoms in total. The van der Waals surface area contributed by atoms with Crippen LogP contribution in [0.2, 0.25) is 5.02 Å². The number of thiol groups is 2. The van der Waals surface area contributed by atoms with Gasteiger partial charge < -0.3 is 4.98 Å². The Balaban J connectivity index is 3.06. The van der Waals surface area contributed by atoms with Gasteiger partial charge in [0.05, 0.1) is 20.9 Å². The van der Waals surface area contributed by atoms with E-state index in [1.54, 1.807) is 0 Å². The molecule has 0 aromatic carbocycles. The molecular formula is C9H4ClN3S3. The largest absolute Gasteiger partial charge is 0.330 e. The van der Waals surface area contributed by atoms with E-state index in [2.05, 4.69) is 35.2 Å². The van der Waals surface area contributed by atoms with E-state index in [1.807, 2.05) is 6.07 Å². The van der Waals surface area contributed by atoms with E-state index in [1.165, 1.54) is 6.20 Å². The molecule has 1 N–H and O–H groups in total. The SMILES string of the molecule is N#Cc1cnc2[nH]c(=S)c(S)c(S)c2c1Cl. The minimum atomic E-state index is 0.294. The predicted molar refractivity (Wildman–Crippen MR) is 71.2 cm³/mol. The van der Waals surface area contributed by atoms with Crippen molar-refractivity contribution >= 4 is 60.1 Å². The highest BCUT2D eigenvalue weighted by molar-refractivity contribution is 7.84. The Hall–Kier alpha value is -0.740. The van der Waals surface area contributed by atoms with Crippen molar-refractivity contribution in [3.8, 4) is 6.07 Å². The maximum Gasteiger partial charge on any atom is 0.141 e. The highest BCUT2D eigenvalue weighted by Gasteiger charge is 2.12. The molecule has 0 saturated heterocycles. The number of hydrogen-bond acceptors (Lipinski definition) is 5. The molecule has 2 aromatic rings. The number of hydrogen-bond donors (Lipinski definition) is 3. The standard InChI is InChI=1S/C9H4ClN3S3/c10-5-3(1-11)2-12-8-4(5)6(14)7(15)9(16)13-8/h2,15H,(H2,12,13,14,16). The Morgan fingerprint density at radius 1 is 1.44 bits per heavy atom. The zero-order valence-corrected chi connectivity index (χ0v) is 11.0. The number of rotatable bonds is 0. The predicted octanol–water partition coefficient (Wildman–Crippen LogP) is 3.39. The summed E-state index contributed by atoms with van der Waals surface area (Å²) in [7, 11) is 0. The molecule has 0 radical (unpaired) electrons. The molecule has 0 saturated carbocycles. The van der Waals surface area contributed by atoms with Gasteiger partial charge in [-0.1, -0.05) is 23.8 Å². The van der Waals surface area contributed by atoms with Crippen molar-refractivity contribution in [3.05, 3.63) is 21.4 Å². The second-order valence-corrected chi connectivity index (χ2v) is 4.65. The minimum Gasteiger partial charge on any atom is -0.330 e. The van der Waals surface area contributed by atoms with Gasteiger partial charge in [0.1, 0.15) is 16.4 Å². The van der Waals surface area contributed by atoms with E-state index in [-0.39, 0.29) is 0 Å². The first-order valence-corrected chi connectivity index (χ1v) is 5.77. The Morgan fingerprint density at radius 2 is 2.12 bits per heavy atom. The molecule has 2 rings (SSSR count). The number of pyridine rings is 2. The molecule has 0 spiro atoms. The van der Waals surface area contributed by atoms with E-state index >= 15 is 0 Å². The first-order chi connectivity index (χ1) is 7.56. The lowest BCUT2D eigenvalue weighted by Gasteiger charge is -2.06. The summed E-state index contributed by atoms with van der Waals surface area (Å²) < 4.78 is 0.439. The van der Waals surface area contributed by atoms with Crippen LogP contribution in [-0.2, 0) is 0 Å². The number of fused-ring (bicyclic) bond motifs is 1. The molecule has 0 aliphatic carbocycles. The number of aromatic amines is 1. The molecular weight excluding hydrogens is 282 g/mol. The number of nitriles is 1. The summed E-state index contributed by atoms with van der Waals surface area (Å²) >= 11 is 19.6. The molecule has 0 atom stereocenters. The van der Waals surface area contributed by atoms with Crippen LogP contribution >= 0.6 is 49.1 Å². The van der Waals surface area contributed by atoms with Crippen molar-refractivity contribution in [1.82, 2.24) is 9.97 Å². The monoisotopic (exact) mass is 285 g/mol. The quantitative estimate of drug-likeness (QED) is 0.514. The minimum absolute atomic E-state index is 0.294. The van der Waals surface area contributed by atoms with E-state index in [0.29, 0.717) is 36.1 Å². The van der Waals surface area contributed by atoms with Crippen LogP contribution in [-0.4, -0.2) is 9.97 Å². The van der Waals surface area contributed by atoms with Crippen LogP contribution in [0.15, 0.2) is 16.0 Å². The highest BCUT2D eigenvalue weighted by Crippen LogP contribution is 2.33. The second-order valence-electron chi connectivity index (χ2n) is 2.97. The molecule has 0 aliphatic rings. The lowest BCUT2D eigenvalue weighted by atomic mass is 10.2. The zero-order chi connectivity index (χ0) is 11.9. The summed E-state index contributed by atoms with van der Waals surface area (Å²) in [4.78, 5) is 7.98. The first-order valence-electron chi connectivity index (χ1n) is 4.08. The summed E-state index contributed by atoms with van der Waals surface area (Å²) in [6.07, 6.45) is 1.39. The van der Waals surface area contributed by atoms with Crippen LogP contribution in [0.25, 0.3) is 11.0 Å². The molecule has 2 heterocycles. The fourth-order valence-corrected chi connectivity index (χ4v) is 2.38. The van der Waals surface area contributed by atoms with E-state index < -0.39 is 0 Å². The van der Waals surface area contributed by atoms with Gasteiger partial charge in [-0.2, -0.15) is 5.26 Å². The van der Waals surface area contributed by atoms with Gasteiger partial charge in [0.25, 0.3) is 0 Å². The Morgan fingerprint density at radius 3 is 2.75 bits per heavy atom. The zero-order valence-electron chi connectivity index (χ0n) is 7.65. The van der Waals surface area contributed by atoms with E-state index in [0.717, 1.165) is 0 Å². The highest BCUT2D eigenvalue weighted by atomic mass is 35.5. The Kier molecular flexibility index (Phi) is 3.13. The number of aromatic nitrogens is 2. The van der Waals surface area contributed by atoms with Gasteiger partial charge in [-0.3, -0.25) is 0 Å². The number of H-pyrrole nitrogens is 1. The van der Waals surface area contributed by atoms with Gasteiger partial charge in [0.15, 0.2) is 0 Å². The van der Waals surface area contributed by atoms with Crippen molar-refractivity contribution in [2.75, 3.05) is 0 Å². The van der Waals surface area contributed by atoms with Crippen molar-refractivity contribution in [1.29, 1.82) is 5.26 Å². The van der Waals surface area contributed by atoms with Gasteiger partial charge in [-0.25, -0.2) is 4.98 Å². The summed E-state index contributed by atoms with van der Waals surface area (Å²) in [5.74, 6) is 0. The van der Waals surface area contributed by atoms with Crippen LogP contribution in [0.5, 0.6) is 0 Å². The van der Waals surface area contributed by atoms with Crippen LogP contribution in [0.4, 0.5) is 0 Å². The molecule has 80 valence electrons. The average molecular weight is 286 g/mol. The molecule has 0 fully saturated rings. The van der Waals surface area contributed by atoms with Gasteiger partial charge in [0.2, 0.25) is 0 Å². The average Bonchev–Trinajstić information content (AvgIpc) is 2.26. The van der Waals surface area contributed by atoms with E-state index in [4.69, 9.17) is 29.1 Å². The molecule has 0 aliphatic heterocycles. The van der Waals surface area contributed by atoms with Crippen LogP contribution in [0.1, 0.15) is 5.56 Å².